The Labute approximate surface area is 429 Å². The van der Waals surface area contributed by atoms with Crippen LogP contribution in [0.25, 0.3) is 43.6 Å². The van der Waals surface area contributed by atoms with E-state index in [9.17, 15) is 0 Å². The maximum absolute atomic E-state index is 6.48. The van der Waals surface area contributed by atoms with Crippen LogP contribution >= 0.6 is 0 Å². The van der Waals surface area contributed by atoms with Crippen LogP contribution in [0.5, 0.6) is 46.0 Å². The fourth-order valence-corrected chi connectivity index (χ4v) is 10.8. The molecule has 1 aliphatic carbocycles. The third-order valence-electron chi connectivity index (χ3n) is 14.2. The lowest BCUT2D eigenvalue weighted by atomic mass is 9.85. The number of aromatic nitrogens is 2. The Balaban J connectivity index is 1.24. The minimum absolute atomic E-state index is 0.121. The molecule has 2 aromatic heterocycles. The Bertz CT molecular complexity index is 3460. The first-order valence-electron chi connectivity index (χ1n) is 24.4. The molecule has 4 N–H and O–H groups in total. The molecule has 2 heterocycles. The molecule has 10 aromatic rings. The van der Waals surface area contributed by atoms with Crippen LogP contribution in [0.2, 0.25) is 0 Å². The Morgan fingerprint density at radius 2 is 0.743 bits per heavy atom. The number of nitrogens with one attached hydrogen (secondary N) is 4. The molecule has 0 radical (unpaired) electrons. The summed E-state index contributed by atoms with van der Waals surface area (Å²) in [7, 11) is 13.4. The van der Waals surface area contributed by atoms with E-state index in [1.807, 2.05) is 97.1 Å². The Morgan fingerprint density at radius 1 is 0.365 bits per heavy atom. The quantitative estimate of drug-likeness (QED) is 0.0652. The second-order valence-corrected chi connectivity index (χ2v) is 17.9. The van der Waals surface area contributed by atoms with E-state index in [4.69, 9.17) is 37.9 Å². The average molecular weight is 991 g/mol. The van der Waals surface area contributed by atoms with Crippen LogP contribution in [0.15, 0.2) is 146 Å². The van der Waals surface area contributed by atoms with Crippen molar-refractivity contribution in [1.29, 1.82) is 0 Å². The van der Waals surface area contributed by atoms with E-state index in [2.05, 4.69) is 78.9 Å². The first-order valence-corrected chi connectivity index (χ1v) is 24.4. The van der Waals surface area contributed by atoms with Crippen molar-refractivity contribution in [3.63, 3.8) is 0 Å². The molecule has 0 spiro atoms. The highest BCUT2D eigenvalue weighted by Crippen LogP contribution is 2.60. The van der Waals surface area contributed by atoms with Crippen LogP contribution in [0, 0.1) is 0 Å². The van der Waals surface area contributed by atoms with Crippen molar-refractivity contribution in [3.05, 3.63) is 146 Å². The molecule has 1 saturated carbocycles. The highest BCUT2D eigenvalue weighted by Gasteiger charge is 2.41. The number of benzene rings is 8. The average Bonchev–Trinajstić information content (AvgIpc) is 3.95. The van der Waals surface area contributed by atoms with Crippen LogP contribution in [-0.4, -0.2) is 66.0 Å². The number of fused-ring (bicyclic) bond motifs is 6. The number of anilines is 8. The number of hydrogen-bond donors (Lipinski definition) is 4. The topological polar surface area (TPSA) is 132 Å². The van der Waals surface area contributed by atoms with Gasteiger partial charge in [-0.3, -0.25) is 0 Å². The lowest BCUT2D eigenvalue weighted by Gasteiger charge is -2.41. The summed E-state index contributed by atoms with van der Waals surface area (Å²) < 4.78 is 54.4. The molecule has 14 heteroatoms. The normalized spacial score (nSPS) is 14.1. The Hall–Kier alpha value is -9.04. The summed E-state index contributed by atoms with van der Waals surface area (Å²) in [6, 6.07) is 48.4. The molecule has 2 unspecified atom stereocenters. The van der Waals surface area contributed by atoms with Gasteiger partial charge in [0.05, 0.1) is 114 Å². The zero-order valence-corrected chi connectivity index (χ0v) is 42.6. The number of para-hydroxylation sites is 4. The molecular weight excluding hydrogens is 933 g/mol. The fraction of sp³-hybridized carbons (Fsp3) is 0.200. The van der Waals surface area contributed by atoms with Gasteiger partial charge in [0.15, 0.2) is 23.0 Å². The lowest BCUT2D eigenvalue weighted by Crippen LogP contribution is -2.31. The summed E-state index contributed by atoms with van der Waals surface area (Å²) in [6.07, 6.45) is 1.69. The van der Waals surface area contributed by atoms with E-state index >= 15 is 0 Å². The molecule has 0 amide bonds. The van der Waals surface area contributed by atoms with Gasteiger partial charge >= 0.3 is 0 Å². The van der Waals surface area contributed by atoms with Crippen molar-refractivity contribution in [3.8, 4) is 46.0 Å². The molecule has 376 valence electrons. The van der Waals surface area contributed by atoms with Crippen molar-refractivity contribution < 1.29 is 37.9 Å². The predicted octanol–water partition coefficient (Wildman–Crippen LogP) is 14.5. The summed E-state index contributed by atoms with van der Waals surface area (Å²) in [5.74, 6) is 4.85. The summed E-state index contributed by atoms with van der Waals surface area (Å²) in [6.45, 7) is 0. The largest absolute Gasteiger partial charge is 0.497 e. The minimum Gasteiger partial charge on any atom is -0.497 e. The molecule has 11 rings (SSSR count). The van der Waals surface area contributed by atoms with E-state index in [1.54, 1.807) is 56.9 Å². The van der Waals surface area contributed by atoms with Gasteiger partial charge < -0.3 is 68.3 Å². The first kappa shape index (κ1) is 47.3. The summed E-state index contributed by atoms with van der Waals surface area (Å²) in [5.41, 5.74) is 9.86. The fourth-order valence-electron chi connectivity index (χ4n) is 10.8. The summed E-state index contributed by atoms with van der Waals surface area (Å²) in [5, 5.41) is 19.1. The lowest BCUT2D eigenvalue weighted by molar-refractivity contribution is 0.205. The van der Waals surface area contributed by atoms with Crippen LogP contribution in [0.4, 0.5) is 45.5 Å². The van der Waals surface area contributed by atoms with E-state index in [-0.39, 0.29) is 12.1 Å². The Morgan fingerprint density at radius 3 is 1.09 bits per heavy atom. The van der Waals surface area contributed by atoms with Crippen molar-refractivity contribution >= 4 is 89.1 Å². The summed E-state index contributed by atoms with van der Waals surface area (Å²) in [4.78, 5) is 0. The van der Waals surface area contributed by atoms with Crippen molar-refractivity contribution in [2.45, 2.75) is 24.9 Å². The number of rotatable bonds is 18. The monoisotopic (exact) mass is 990 g/mol. The predicted molar refractivity (Wildman–Crippen MR) is 298 cm³/mol. The van der Waals surface area contributed by atoms with E-state index in [0.29, 0.717) is 68.7 Å². The number of methoxy groups -OCH3 is 8. The molecule has 0 aliphatic heterocycles. The Kier molecular flexibility index (Phi) is 12.7. The van der Waals surface area contributed by atoms with Gasteiger partial charge in [0.25, 0.3) is 0 Å². The van der Waals surface area contributed by atoms with E-state index < -0.39 is 0 Å². The molecule has 0 saturated heterocycles. The van der Waals surface area contributed by atoms with E-state index in [0.717, 1.165) is 79.2 Å². The van der Waals surface area contributed by atoms with Gasteiger partial charge in [0, 0.05) is 45.3 Å². The third kappa shape index (κ3) is 7.81. The van der Waals surface area contributed by atoms with Gasteiger partial charge in [0.2, 0.25) is 0 Å². The number of nitrogens with zero attached hydrogens (tertiary/aromatic N) is 2. The molecule has 1 aliphatic rings. The molecule has 0 bridgehead atoms. The molecular formula is C60H58N6O8. The van der Waals surface area contributed by atoms with E-state index in [1.165, 1.54) is 0 Å². The molecule has 2 atom stereocenters. The van der Waals surface area contributed by atoms with Gasteiger partial charge in [-0.1, -0.05) is 72.8 Å². The number of ether oxygens (including phenoxy) is 8. The zero-order valence-electron chi connectivity index (χ0n) is 42.6. The second-order valence-electron chi connectivity index (χ2n) is 17.9. The zero-order chi connectivity index (χ0) is 51.0. The SMILES string of the molecule is COc1ccc(OC)c(Nc2c(Nc3ccccc3)c(OC)c(OC)c3c4ccccc4n(C4CCC4n4c5ccccc5c5c(OC)c(OC)c(Nc6ccccc6)c(Nc6cc(OC)ccc6OC)c54)c23)c1. The minimum atomic E-state index is -0.121. The van der Waals surface area contributed by atoms with Crippen molar-refractivity contribution in [1.82, 2.24) is 9.13 Å². The van der Waals surface area contributed by atoms with Gasteiger partial charge in [-0.15, -0.1) is 0 Å². The van der Waals surface area contributed by atoms with Crippen LogP contribution in [-0.2, 0) is 0 Å². The van der Waals surface area contributed by atoms with Crippen LogP contribution in [0.1, 0.15) is 24.9 Å². The molecule has 74 heavy (non-hydrogen) atoms. The third-order valence-corrected chi connectivity index (χ3v) is 14.2. The van der Waals surface area contributed by atoms with Gasteiger partial charge in [-0.2, -0.15) is 0 Å². The van der Waals surface area contributed by atoms with Gasteiger partial charge in [0.1, 0.15) is 34.4 Å². The highest BCUT2D eigenvalue weighted by molar-refractivity contribution is 6.22. The summed E-state index contributed by atoms with van der Waals surface area (Å²) >= 11 is 0. The maximum Gasteiger partial charge on any atom is 0.187 e. The first-order chi connectivity index (χ1) is 36.4. The molecule has 8 aromatic carbocycles. The van der Waals surface area contributed by atoms with Gasteiger partial charge in [-0.05, 0) is 73.5 Å². The molecule has 14 nitrogen and oxygen atoms in total. The highest BCUT2D eigenvalue weighted by atomic mass is 16.5. The van der Waals surface area contributed by atoms with Crippen molar-refractivity contribution in [2.75, 3.05) is 78.1 Å². The standard InChI is InChI=1S/C60H58N6O8/c1-67-37-27-31-47(69-3)41(33-37)63-51-53(61-35-19-11-9-12-20-35)59(73-7)57(71-5)49-39-23-15-17-25-43(39)65(55(49)51)45-29-30-46(45)66-44-26-18-16-24-40(44)50-56(66)52(64-42-34-38(68-2)28-32-48(42)70-4)54(60(74-8)58(50)72-6)62-36-21-13-10-14-22-36/h9-28,31-34,45-46,61-64H,29-30H2,1-8H3. The smallest absolute Gasteiger partial charge is 0.187 e. The van der Waals surface area contributed by atoms with Crippen LogP contribution < -0.4 is 59.2 Å². The number of hydrogen-bond acceptors (Lipinski definition) is 12. The maximum atomic E-state index is 6.48. The van der Waals surface area contributed by atoms with Gasteiger partial charge in [-0.25, -0.2) is 0 Å². The molecule has 1 fully saturated rings. The second kappa shape index (κ2) is 19.9. The van der Waals surface area contributed by atoms with Crippen LogP contribution in [0.3, 0.4) is 0 Å². The van der Waals surface area contributed by atoms with Crippen molar-refractivity contribution in [2.24, 2.45) is 0 Å².